The average Bonchev–Trinajstić information content (AvgIpc) is 2.84. The summed E-state index contributed by atoms with van der Waals surface area (Å²) >= 11 is 2.97. The molecule has 7 N–H and O–H groups in total. The summed E-state index contributed by atoms with van der Waals surface area (Å²) in [6.45, 7) is 3.81. The number of carbonyl (C=O) groups is 4. The molecule has 0 aromatic heterocycles. The van der Waals surface area contributed by atoms with Crippen LogP contribution in [0.25, 0.3) is 0 Å². The highest BCUT2D eigenvalue weighted by molar-refractivity contribution is 7.98. The number of amides is 3. The van der Waals surface area contributed by atoms with Gasteiger partial charge in [-0.05, 0) is 73.3 Å². The Morgan fingerprint density at radius 1 is 0.838 bits per heavy atom. The van der Waals surface area contributed by atoms with Gasteiger partial charge in [0, 0.05) is 0 Å². The van der Waals surface area contributed by atoms with Gasteiger partial charge in [-0.15, -0.1) is 0 Å². The zero-order valence-electron chi connectivity index (χ0n) is 21.9. The van der Waals surface area contributed by atoms with Crippen LogP contribution in [0.15, 0.2) is 24.3 Å². The Hall–Kier alpha value is -2.44. The van der Waals surface area contributed by atoms with E-state index in [9.17, 15) is 29.4 Å². The molecule has 0 aliphatic carbocycles. The van der Waals surface area contributed by atoms with Gasteiger partial charge < -0.3 is 31.9 Å². The summed E-state index contributed by atoms with van der Waals surface area (Å²) < 4.78 is 0. The van der Waals surface area contributed by atoms with Crippen molar-refractivity contribution in [3.63, 3.8) is 0 Å². The van der Waals surface area contributed by atoms with E-state index < -0.39 is 47.9 Å². The van der Waals surface area contributed by atoms with Gasteiger partial charge in [0.05, 0.1) is 6.04 Å². The summed E-state index contributed by atoms with van der Waals surface area (Å²) in [4.78, 5) is 50.5. The van der Waals surface area contributed by atoms with Crippen LogP contribution < -0.4 is 21.7 Å². The second kappa shape index (κ2) is 17.1. The molecule has 10 nitrogen and oxygen atoms in total. The van der Waals surface area contributed by atoms with E-state index in [-0.39, 0.29) is 24.5 Å². The molecule has 0 saturated heterocycles. The van der Waals surface area contributed by atoms with Crippen molar-refractivity contribution < 1.29 is 29.4 Å². The van der Waals surface area contributed by atoms with Crippen LogP contribution in [0.1, 0.15) is 38.7 Å². The van der Waals surface area contributed by atoms with Gasteiger partial charge in [0.15, 0.2) is 0 Å². The van der Waals surface area contributed by atoms with E-state index in [4.69, 9.17) is 5.73 Å². The van der Waals surface area contributed by atoms with E-state index in [0.29, 0.717) is 24.3 Å². The normalized spacial score (nSPS) is 14.3. The molecule has 0 aliphatic heterocycles. The molecule has 12 heteroatoms. The summed E-state index contributed by atoms with van der Waals surface area (Å²) in [7, 11) is 0. The topological polar surface area (TPSA) is 171 Å². The first kappa shape index (κ1) is 32.6. The molecule has 37 heavy (non-hydrogen) atoms. The number of nitrogens with two attached hydrogens (primary N) is 1. The van der Waals surface area contributed by atoms with E-state index in [1.807, 2.05) is 26.4 Å². The van der Waals surface area contributed by atoms with Gasteiger partial charge in [0.1, 0.15) is 23.9 Å². The van der Waals surface area contributed by atoms with E-state index in [1.165, 1.54) is 35.7 Å². The summed E-state index contributed by atoms with van der Waals surface area (Å²) in [5.41, 5.74) is 6.83. The Kier molecular flexibility index (Phi) is 15.1. The standard InChI is InChI=1S/C25H40N4O6S2/c1-15(2)13-21(29-22(31)18(26)14-16-5-7-17(30)8-6-16)24(33)27-19(9-11-36-3)23(32)28-20(25(34)35)10-12-37-4/h5-8,15,18-21,30H,9-14,26H2,1-4H3,(H,27,33)(H,28,32)(H,29,31)(H,34,35). The Balaban J connectivity index is 2.93. The maximum absolute atomic E-state index is 13.2. The van der Waals surface area contributed by atoms with Crippen molar-refractivity contribution in [2.24, 2.45) is 11.7 Å². The van der Waals surface area contributed by atoms with Crippen molar-refractivity contribution in [2.45, 2.75) is 63.7 Å². The van der Waals surface area contributed by atoms with Gasteiger partial charge in [-0.3, -0.25) is 14.4 Å². The van der Waals surface area contributed by atoms with Gasteiger partial charge >= 0.3 is 5.97 Å². The van der Waals surface area contributed by atoms with E-state index in [1.54, 1.807) is 12.1 Å². The molecule has 1 aromatic rings. The number of nitrogens with one attached hydrogen (secondary N) is 3. The van der Waals surface area contributed by atoms with Gasteiger partial charge in [-0.25, -0.2) is 4.79 Å². The molecule has 0 saturated carbocycles. The molecule has 4 unspecified atom stereocenters. The van der Waals surface area contributed by atoms with Crippen LogP contribution >= 0.6 is 23.5 Å². The molecular weight excluding hydrogens is 516 g/mol. The molecule has 3 amide bonds. The number of thioether (sulfide) groups is 2. The quantitative estimate of drug-likeness (QED) is 0.166. The summed E-state index contributed by atoms with van der Waals surface area (Å²) in [5.74, 6) is -1.45. The number of hydrogen-bond donors (Lipinski definition) is 6. The molecule has 1 aromatic carbocycles. The molecule has 4 atom stereocenters. The Morgan fingerprint density at radius 2 is 1.32 bits per heavy atom. The van der Waals surface area contributed by atoms with Crippen molar-refractivity contribution in [3.8, 4) is 5.75 Å². The first-order chi connectivity index (χ1) is 17.5. The van der Waals surface area contributed by atoms with Gasteiger partial charge in [0.25, 0.3) is 0 Å². The zero-order valence-corrected chi connectivity index (χ0v) is 23.5. The number of hydrogen-bond acceptors (Lipinski definition) is 8. The van der Waals surface area contributed by atoms with Crippen molar-refractivity contribution >= 4 is 47.2 Å². The van der Waals surface area contributed by atoms with Gasteiger partial charge in [-0.2, -0.15) is 23.5 Å². The smallest absolute Gasteiger partial charge is 0.326 e. The summed E-state index contributed by atoms with van der Waals surface area (Å²) in [6.07, 6.45) is 4.82. The minimum atomic E-state index is -1.13. The van der Waals surface area contributed by atoms with Crippen molar-refractivity contribution in [1.29, 1.82) is 0 Å². The zero-order chi connectivity index (χ0) is 28.0. The molecular formula is C25H40N4O6S2. The number of carboxylic acids is 1. The Morgan fingerprint density at radius 3 is 1.84 bits per heavy atom. The number of aliphatic carboxylic acids is 1. The second-order valence-electron chi connectivity index (χ2n) is 9.19. The highest BCUT2D eigenvalue weighted by atomic mass is 32.2. The van der Waals surface area contributed by atoms with Crippen LogP contribution in [0, 0.1) is 5.92 Å². The maximum Gasteiger partial charge on any atom is 0.326 e. The predicted molar refractivity (Wildman–Crippen MR) is 149 cm³/mol. The molecule has 1 rings (SSSR count). The molecule has 0 spiro atoms. The third kappa shape index (κ3) is 12.6. The first-order valence-corrected chi connectivity index (χ1v) is 14.9. The lowest BCUT2D eigenvalue weighted by molar-refractivity contribution is -0.142. The Bertz CT molecular complexity index is 884. The summed E-state index contributed by atoms with van der Waals surface area (Å²) in [6, 6.07) is 2.49. The third-order valence-corrected chi connectivity index (χ3v) is 6.83. The lowest BCUT2D eigenvalue weighted by Gasteiger charge is -2.26. The molecule has 0 aliphatic rings. The third-order valence-electron chi connectivity index (χ3n) is 5.54. The average molecular weight is 557 g/mol. The summed E-state index contributed by atoms with van der Waals surface area (Å²) in [5, 5.41) is 26.8. The number of phenolic OH excluding ortho intramolecular Hbond substituents is 1. The van der Waals surface area contributed by atoms with Crippen LogP contribution in [0.5, 0.6) is 5.75 Å². The first-order valence-electron chi connectivity index (χ1n) is 12.1. The highest BCUT2D eigenvalue weighted by Gasteiger charge is 2.30. The number of aromatic hydroxyl groups is 1. The molecule has 0 bridgehead atoms. The van der Waals surface area contributed by atoms with Crippen LogP contribution in [0.3, 0.4) is 0 Å². The Labute approximate surface area is 227 Å². The minimum absolute atomic E-state index is 0.0609. The number of carboxylic acid groups (broad SMARTS) is 1. The number of rotatable bonds is 17. The fourth-order valence-corrected chi connectivity index (χ4v) is 4.45. The maximum atomic E-state index is 13.2. The second-order valence-corrected chi connectivity index (χ2v) is 11.2. The highest BCUT2D eigenvalue weighted by Crippen LogP contribution is 2.12. The molecule has 0 fully saturated rings. The lowest BCUT2D eigenvalue weighted by Crippen LogP contribution is -2.57. The molecule has 0 radical (unpaired) electrons. The fourth-order valence-electron chi connectivity index (χ4n) is 3.50. The van der Waals surface area contributed by atoms with Gasteiger partial charge in [-0.1, -0.05) is 26.0 Å². The van der Waals surface area contributed by atoms with Crippen molar-refractivity contribution in [2.75, 3.05) is 24.0 Å². The number of carbonyl (C=O) groups excluding carboxylic acids is 3. The van der Waals surface area contributed by atoms with Crippen molar-refractivity contribution in [3.05, 3.63) is 29.8 Å². The van der Waals surface area contributed by atoms with E-state index in [2.05, 4.69) is 16.0 Å². The predicted octanol–water partition coefficient (Wildman–Crippen LogP) is 1.35. The van der Waals surface area contributed by atoms with Gasteiger partial charge in [0.2, 0.25) is 17.7 Å². The number of benzene rings is 1. The van der Waals surface area contributed by atoms with Crippen LogP contribution in [0.4, 0.5) is 0 Å². The van der Waals surface area contributed by atoms with E-state index >= 15 is 0 Å². The fraction of sp³-hybridized carbons (Fsp3) is 0.600. The molecule has 0 heterocycles. The van der Waals surface area contributed by atoms with Crippen LogP contribution in [0.2, 0.25) is 0 Å². The van der Waals surface area contributed by atoms with Crippen molar-refractivity contribution in [1.82, 2.24) is 16.0 Å². The number of phenols is 1. The largest absolute Gasteiger partial charge is 0.508 e. The SMILES string of the molecule is CSCCC(NC(=O)C(CCSC)NC(=O)C(CC(C)C)NC(=O)C(N)Cc1ccc(O)cc1)C(=O)O. The minimum Gasteiger partial charge on any atom is -0.508 e. The van der Waals surface area contributed by atoms with Crippen LogP contribution in [-0.4, -0.2) is 82.1 Å². The van der Waals surface area contributed by atoms with E-state index in [0.717, 1.165) is 5.56 Å². The van der Waals surface area contributed by atoms with Crippen LogP contribution in [-0.2, 0) is 25.6 Å². The lowest BCUT2D eigenvalue weighted by atomic mass is 10.0. The molecule has 208 valence electrons. The monoisotopic (exact) mass is 556 g/mol.